The highest BCUT2D eigenvalue weighted by atomic mass is 35.5. The number of piperidine rings is 1. The second-order valence-corrected chi connectivity index (χ2v) is 17.8. The van der Waals surface area contributed by atoms with Gasteiger partial charge in [0.1, 0.15) is 29.8 Å². The highest BCUT2D eigenvalue weighted by molar-refractivity contribution is 6.31. The van der Waals surface area contributed by atoms with E-state index >= 15 is 4.39 Å². The van der Waals surface area contributed by atoms with Crippen LogP contribution in [-0.4, -0.2) is 94.6 Å². The third-order valence-corrected chi connectivity index (χ3v) is 13.2. The Hall–Kier alpha value is -5.76. The van der Waals surface area contributed by atoms with Gasteiger partial charge in [0.15, 0.2) is 0 Å². The van der Waals surface area contributed by atoms with Crippen molar-refractivity contribution in [3.05, 3.63) is 92.8 Å². The van der Waals surface area contributed by atoms with Gasteiger partial charge in [-0.25, -0.2) is 4.39 Å². The summed E-state index contributed by atoms with van der Waals surface area (Å²) in [5, 5.41) is 11.8. The third-order valence-electron chi connectivity index (χ3n) is 12.9. The van der Waals surface area contributed by atoms with Gasteiger partial charge in [-0.2, -0.15) is 5.26 Å². The number of hydrogen-bond donors (Lipinski definition) is 1. The van der Waals surface area contributed by atoms with E-state index in [4.69, 9.17) is 16.3 Å². The van der Waals surface area contributed by atoms with Crippen LogP contribution in [-0.2, 0) is 16.1 Å². The van der Waals surface area contributed by atoms with E-state index < -0.39 is 46.3 Å². The van der Waals surface area contributed by atoms with Gasteiger partial charge in [0.05, 0.1) is 27.3 Å². The highest BCUT2D eigenvalue weighted by Crippen LogP contribution is 2.59. The Morgan fingerprint density at radius 1 is 0.862 bits per heavy atom. The number of amides is 5. The van der Waals surface area contributed by atoms with Gasteiger partial charge in [-0.15, -0.1) is 0 Å². The lowest BCUT2D eigenvalue weighted by atomic mass is 9.49. The van der Waals surface area contributed by atoms with Crippen LogP contribution in [0.2, 0.25) is 5.02 Å². The molecule has 6 aliphatic rings. The summed E-state index contributed by atoms with van der Waals surface area (Å²) in [6.45, 7) is 11.5. The van der Waals surface area contributed by atoms with Crippen molar-refractivity contribution in [3.8, 4) is 23.7 Å². The molecule has 0 aromatic heterocycles. The van der Waals surface area contributed by atoms with Crippen molar-refractivity contribution in [3.63, 3.8) is 0 Å². The lowest BCUT2D eigenvalue weighted by Crippen LogP contribution is -2.74. The molecule has 296 valence electrons. The van der Waals surface area contributed by atoms with E-state index in [1.807, 2.05) is 11.0 Å². The minimum atomic E-state index is -1.01. The van der Waals surface area contributed by atoms with Gasteiger partial charge in [0, 0.05) is 85.3 Å². The molecule has 5 amide bonds. The molecule has 0 bridgehead atoms. The molecule has 1 aliphatic carbocycles. The zero-order chi connectivity index (χ0) is 41.0. The third kappa shape index (κ3) is 5.85. The summed E-state index contributed by atoms with van der Waals surface area (Å²) in [5.74, 6) is 4.08. The molecule has 0 radical (unpaired) electrons. The van der Waals surface area contributed by atoms with Crippen molar-refractivity contribution in [2.75, 3.05) is 31.1 Å². The van der Waals surface area contributed by atoms with E-state index in [-0.39, 0.29) is 59.5 Å². The van der Waals surface area contributed by atoms with Crippen molar-refractivity contribution in [1.29, 1.82) is 5.26 Å². The minimum Gasteiger partial charge on any atom is -0.489 e. The predicted molar refractivity (Wildman–Crippen MR) is 209 cm³/mol. The Morgan fingerprint density at radius 3 is 2.28 bits per heavy atom. The molecule has 4 fully saturated rings. The number of anilines is 1. The first-order chi connectivity index (χ1) is 27.6. The molecule has 14 heteroatoms. The lowest BCUT2D eigenvalue weighted by Gasteiger charge is -2.65. The standard InChI is InChI=1S/C44H40ClFN6O6/c1-43(2)41(44(3,4)42(43)58-29-9-7-25(17-47)33(45)15-29)51-20-26-13-24(34(46)16-31(26)38(51)55)6-5-23-18-49(19-23)28-21-50(22-28)27-8-10-30-32(14-27)40(57)52(39(30)56)35-11-12-36(53)48-37(35)54/h7-10,13-16,23,28,35,41-42H,11-12,18-22H2,1-4H3,(H,48,53,54)/t35?,41-,42-. The summed E-state index contributed by atoms with van der Waals surface area (Å²) < 4.78 is 21.9. The number of ether oxygens (including phenoxy) is 1. The molecule has 1 atom stereocenters. The van der Waals surface area contributed by atoms with Crippen LogP contribution in [0, 0.1) is 45.7 Å². The molecule has 1 saturated carbocycles. The van der Waals surface area contributed by atoms with Crippen molar-refractivity contribution in [2.45, 2.75) is 71.3 Å². The minimum absolute atomic E-state index is 0.0658. The zero-order valence-electron chi connectivity index (χ0n) is 32.4. The van der Waals surface area contributed by atoms with Crippen LogP contribution in [0.4, 0.5) is 10.1 Å². The van der Waals surface area contributed by atoms with Gasteiger partial charge in [-0.1, -0.05) is 51.1 Å². The molecular formula is C44H40ClFN6O6. The summed E-state index contributed by atoms with van der Waals surface area (Å²) in [5.41, 5.74) is 2.17. The Labute approximate surface area is 339 Å². The van der Waals surface area contributed by atoms with Gasteiger partial charge >= 0.3 is 0 Å². The van der Waals surface area contributed by atoms with Gasteiger partial charge in [-0.3, -0.25) is 39.1 Å². The van der Waals surface area contributed by atoms with Crippen LogP contribution >= 0.6 is 11.6 Å². The fourth-order valence-electron chi connectivity index (χ4n) is 10.3. The van der Waals surface area contributed by atoms with Crippen LogP contribution in [0.3, 0.4) is 0 Å². The molecule has 58 heavy (non-hydrogen) atoms. The number of fused-ring (bicyclic) bond motifs is 2. The average molecular weight is 803 g/mol. The molecule has 9 rings (SSSR count). The van der Waals surface area contributed by atoms with Crippen LogP contribution in [0.1, 0.15) is 88.3 Å². The molecule has 5 aliphatic heterocycles. The van der Waals surface area contributed by atoms with Crippen molar-refractivity contribution in [1.82, 2.24) is 20.0 Å². The number of hydrogen-bond acceptors (Lipinski definition) is 9. The quantitative estimate of drug-likeness (QED) is 0.276. The molecule has 12 nitrogen and oxygen atoms in total. The molecule has 5 heterocycles. The Morgan fingerprint density at radius 2 is 1.59 bits per heavy atom. The van der Waals surface area contributed by atoms with Gasteiger partial charge in [-0.05, 0) is 54.4 Å². The zero-order valence-corrected chi connectivity index (χ0v) is 33.2. The fraction of sp³-hybridized carbons (Fsp3) is 0.409. The monoisotopic (exact) mass is 802 g/mol. The lowest BCUT2D eigenvalue weighted by molar-refractivity contribution is -0.199. The first-order valence-corrected chi connectivity index (χ1v) is 19.8. The number of imide groups is 2. The van der Waals surface area contributed by atoms with E-state index in [1.54, 1.807) is 36.4 Å². The van der Waals surface area contributed by atoms with E-state index in [0.717, 1.165) is 42.3 Å². The molecule has 0 spiro atoms. The van der Waals surface area contributed by atoms with Crippen LogP contribution in [0.15, 0.2) is 48.5 Å². The summed E-state index contributed by atoms with van der Waals surface area (Å²) in [6, 6.07) is 14.3. The van der Waals surface area contributed by atoms with Crippen molar-refractivity contribution in [2.24, 2.45) is 16.7 Å². The predicted octanol–water partition coefficient (Wildman–Crippen LogP) is 4.76. The van der Waals surface area contributed by atoms with Crippen LogP contribution in [0.25, 0.3) is 0 Å². The number of halogens is 2. The number of likely N-dealkylation sites (tertiary alicyclic amines) is 1. The Kier molecular flexibility index (Phi) is 8.73. The van der Waals surface area contributed by atoms with Gasteiger partial charge in [0.25, 0.3) is 17.7 Å². The Balaban J connectivity index is 0.798. The summed E-state index contributed by atoms with van der Waals surface area (Å²) in [7, 11) is 0. The Bertz CT molecular complexity index is 2460. The van der Waals surface area contributed by atoms with Crippen LogP contribution in [0.5, 0.6) is 5.75 Å². The molecule has 3 aromatic carbocycles. The van der Waals surface area contributed by atoms with Gasteiger partial charge in [0.2, 0.25) is 11.8 Å². The summed E-state index contributed by atoms with van der Waals surface area (Å²) >= 11 is 6.26. The highest BCUT2D eigenvalue weighted by Gasteiger charge is 2.67. The topological polar surface area (TPSA) is 143 Å². The smallest absolute Gasteiger partial charge is 0.262 e. The normalized spacial score (nSPS) is 24.9. The number of rotatable bonds is 6. The number of carbonyl (C=O) groups is 5. The maximum Gasteiger partial charge on any atom is 0.262 e. The van der Waals surface area contributed by atoms with Crippen molar-refractivity contribution >= 4 is 46.8 Å². The second-order valence-electron chi connectivity index (χ2n) is 17.4. The SMILES string of the molecule is CC1(C)[C@H](Oc2ccc(C#N)c(Cl)c2)C(C)(C)[C@H]1N1Cc2cc(C#CC3CN(C4CN(c5ccc6c(c5)C(=O)N(C5CCC(=O)NC5=O)C6=O)C4)C3)c(F)cc2C1=O. The van der Waals surface area contributed by atoms with Gasteiger partial charge < -0.3 is 14.5 Å². The average Bonchev–Trinajstić information content (AvgIpc) is 3.56. The first kappa shape index (κ1) is 37.8. The number of nitrogens with zero attached hydrogens (tertiary/aromatic N) is 5. The van der Waals surface area contributed by atoms with E-state index in [1.165, 1.54) is 6.07 Å². The molecule has 3 saturated heterocycles. The fourth-order valence-corrected chi connectivity index (χ4v) is 10.5. The molecule has 1 N–H and O–H groups in total. The largest absolute Gasteiger partial charge is 0.489 e. The number of nitriles is 1. The summed E-state index contributed by atoms with van der Waals surface area (Å²) in [4.78, 5) is 71.4. The number of benzene rings is 3. The van der Waals surface area contributed by atoms with Crippen molar-refractivity contribution < 1.29 is 33.1 Å². The van der Waals surface area contributed by atoms with E-state index in [9.17, 15) is 29.2 Å². The maximum atomic E-state index is 15.4. The number of carbonyl (C=O) groups excluding carboxylic acids is 5. The molecule has 3 aromatic rings. The van der Waals surface area contributed by atoms with E-state index in [2.05, 4.69) is 60.7 Å². The van der Waals surface area contributed by atoms with E-state index in [0.29, 0.717) is 28.4 Å². The maximum absolute atomic E-state index is 15.4. The first-order valence-electron chi connectivity index (χ1n) is 19.4. The van der Waals surface area contributed by atoms with Crippen LogP contribution < -0.4 is 15.0 Å². The molecule has 1 unspecified atom stereocenters. The summed E-state index contributed by atoms with van der Waals surface area (Å²) in [6.07, 6.45) is -0.0861. The number of nitrogens with one attached hydrogen (secondary N) is 1. The molecular weight excluding hydrogens is 763 g/mol. The second kappa shape index (κ2) is 13.4.